The van der Waals surface area contributed by atoms with Crippen LogP contribution in [-0.4, -0.2) is 67.5 Å². The normalized spacial score (nSPS) is 18.0. The average Bonchev–Trinajstić information content (AvgIpc) is 3.44. The lowest BCUT2D eigenvalue weighted by Crippen LogP contribution is -2.51. The van der Waals surface area contributed by atoms with Crippen LogP contribution in [0.4, 0.5) is 0 Å². The zero-order valence-electron chi connectivity index (χ0n) is 14.9. The fourth-order valence-corrected chi connectivity index (χ4v) is 3.06. The SMILES string of the molecule is COc1ccc(CCC(=O)N2CCN(CC(=O)NC3CC3)CC2)cc1. The van der Waals surface area contributed by atoms with Gasteiger partial charge in [-0.05, 0) is 37.0 Å². The summed E-state index contributed by atoms with van der Waals surface area (Å²) in [4.78, 5) is 28.3. The van der Waals surface area contributed by atoms with Gasteiger partial charge in [0.15, 0.2) is 0 Å². The molecule has 0 unspecified atom stereocenters. The summed E-state index contributed by atoms with van der Waals surface area (Å²) in [6.07, 6.45) is 3.49. The molecule has 1 N–H and O–H groups in total. The summed E-state index contributed by atoms with van der Waals surface area (Å²) in [5.74, 6) is 1.14. The van der Waals surface area contributed by atoms with Crippen LogP contribution in [0.15, 0.2) is 24.3 Å². The van der Waals surface area contributed by atoms with Gasteiger partial charge in [-0.1, -0.05) is 12.1 Å². The molecule has 3 rings (SSSR count). The molecule has 1 aromatic rings. The van der Waals surface area contributed by atoms with Crippen molar-refractivity contribution in [2.75, 3.05) is 39.8 Å². The lowest BCUT2D eigenvalue weighted by atomic mass is 10.1. The van der Waals surface area contributed by atoms with Gasteiger partial charge in [0.2, 0.25) is 11.8 Å². The standard InChI is InChI=1S/C19H27N3O3/c1-25-17-7-2-15(3-8-17)4-9-19(24)22-12-10-21(11-13-22)14-18(23)20-16-5-6-16/h2-3,7-8,16H,4-6,9-14H2,1H3,(H,20,23). The van der Waals surface area contributed by atoms with E-state index in [0.29, 0.717) is 32.1 Å². The molecule has 0 atom stereocenters. The fraction of sp³-hybridized carbons (Fsp3) is 0.579. The molecule has 1 saturated heterocycles. The van der Waals surface area contributed by atoms with E-state index in [1.54, 1.807) is 7.11 Å². The van der Waals surface area contributed by atoms with E-state index >= 15 is 0 Å². The first kappa shape index (κ1) is 17.7. The molecule has 6 heteroatoms. The van der Waals surface area contributed by atoms with Gasteiger partial charge in [-0.25, -0.2) is 0 Å². The van der Waals surface area contributed by atoms with Crippen molar-refractivity contribution >= 4 is 11.8 Å². The Kier molecular flexibility index (Phi) is 5.91. The summed E-state index contributed by atoms with van der Waals surface area (Å²) in [6, 6.07) is 8.26. The number of benzene rings is 1. The maximum Gasteiger partial charge on any atom is 0.234 e. The van der Waals surface area contributed by atoms with Gasteiger partial charge in [0.05, 0.1) is 13.7 Å². The van der Waals surface area contributed by atoms with Crippen LogP contribution in [0.5, 0.6) is 5.75 Å². The number of carbonyl (C=O) groups excluding carboxylic acids is 2. The van der Waals surface area contributed by atoms with Crippen molar-refractivity contribution in [3.8, 4) is 5.75 Å². The molecule has 1 aromatic carbocycles. The van der Waals surface area contributed by atoms with Gasteiger partial charge >= 0.3 is 0 Å². The molecular formula is C19H27N3O3. The van der Waals surface area contributed by atoms with Crippen LogP contribution in [0.25, 0.3) is 0 Å². The van der Waals surface area contributed by atoms with Crippen LogP contribution in [0.2, 0.25) is 0 Å². The maximum absolute atomic E-state index is 12.4. The van der Waals surface area contributed by atoms with Crippen LogP contribution in [-0.2, 0) is 16.0 Å². The highest BCUT2D eigenvalue weighted by Gasteiger charge is 2.26. The third kappa shape index (κ3) is 5.46. The maximum atomic E-state index is 12.4. The number of carbonyl (C=O) groups is 2. The second kappa shape index (κ2) is 8.34. The van der Waals surface area contributed by atoms with Crippen molar-refractivity contribution in [1.82, 2.24) is 15.1 Å². The zero-order chi connectivity index (χ0) is 17.6. The molecule has 2 fully saturated rings. The molecule has 25 heavy (non-hydrogen) atoms. The number of nitrogens with one attached hydrogen (secondary N) is 1. The predicted molar refractivity (Wildman–Crippen MR) is 95.5 cm³/mol. The first-order chi connectivity index (χ1) is 12.1. The van der Waals surface area contributed by atoms with Crippen LogP contribution in [0, 0.1) is 0 Å². The summed E-state index contributed by atoms with van der Waals surface area (Å²) >= 11 is 0. The summed E-state index contributed by atoms with van der Waals surface area (Å²) in [5.41, 5.74) is 1.14. The monoisotopic (exact) mass is 345 g/mol. The summed E-state index contributed by atoms with van der Waals surface area (Å²) in [5, 5.41) is 3.01. The molecule has 1 heterocycles. The van der Waals surface area contributed by atoms with E-state index in [4.69, 9.17) is 4.74 Å². The molecule has 0 radical (unpaired) electrons. The number of ether oxygens (including phenoxy) is 1. The molecule has 0 spiro atoms. The van der Waals surface area contributed by atoms with Crippen LogP contribution in [0.3, 0.4) is 0 Å². The highest BCUT2D eigenvalue weighted by molar-refractivity contribution is 5.79. The quantitative estimate of drug-likeness (QED) is 0.802. The first-order valence-corrected chi connectivity index (χ1v) is 9.06. The number of rotatable bonds is 7. The Labute approximate surface area is 149 Å². The minimum absolute atomic E-state index is 0.113. The largest absolute Gasteiger partial charge is 0.497 e. The van der Waals surface area contributed by atoms with Crippen LogP contribution < -0.4 is 10.1 Å². The Balaban J connectivity index is 1.36. The third-order valence-electron chi connectivity index (χ3n) is 4.82. The van der Waals surface area contributed by atoms with Crippen molar-refractivity contribution in [2.24, 2.45) is 0 Å². The van der Waals surface area contributed by atoms with Gasteiger partial charge in [-0.3, -0.25) is 14.5 Å². The van der Waals surface area contributed by atoms with Crippen LogP contribution in [0.1, 0.15) is 24.8 Å². The van der Waals surface area contributed by atoms with E-state index in [2.05, 4.69) is 10.2 Å². The Morgan fingerprint density at radius 3 is 2.40 bits per heavy atom. The van der Waals surface area contributed by atoms with Gasteiger partial charge in [-0.15, -0.1) is 0 Å². The van der Waals surface area contributed by atoms with E-state index in [-0.39, 0.29) is 11.8 Å². The summed E-state index contributed by atoms with van der Waals surface area (Å²) < 4.78 is 5.14. The fourth-order valence-electron chi connectivity index (χ4n) is 3.06. The number of nitrogens with zero attached hydrogens (tertiary/aromatic N) is 2. The number of amides is 2. The molecule has 1 saturated carbocycles. The lowest BCUT2D eigenvalue weighted by Gasteiger charge is -2.34. The van der Waals surface area contributed by atoms with Crippen molar-refractivity contribution in [3.05, 3.63) is 29.8 Å². The topological polar surface area (TPSA) is 61.9 Å². The summed E-state index contributed by atoms with van der Waals surface area (Å²) in [6.45, 7) is 3.40. The van der Waals surface area contributed by atoms with Crippen molar-refractivity contribution in [1.29, 1.82) is 0 Å². The van der Waals surface area contributed by atoms with E-state index in [9.17, 15) is 9.59 Å². The van der Waals surface area contributed by atoms with Gasteiger partial charge in [0.25, 0.3) is 0 Å². The van der Waals surface area contributed by atoms with Crippen molar-refractivity contribution in [2.45, 2.75) is 31.7 Å². The molecule has 2 aliphatic rings. The van der Waals surface area contributed by atoms with Crippen molar-refractivity contribution < 1.29 is 14.3 Å². The average molecular weight is 345 g/mol. The Bertz CT molecular complexity index is 590. The number of methoxy groups -OCH3 is 1. The molecular weight excluding hydrogens is 318 g/mol. The van der Waals surface area contributed by atoms with Gasteiger partial charge in [0, 0.05) is 38.6 Å². The number of hydrogen-bond donors (Lipinski definition) is 1. The Morgan fingerprint density at radius 2 is 1.80 bits per heavy atom. The van der Waals surface area contributed by atoms with Gasteiger partial charge < -0.3 is 15.0 Å². The number of aryl methyl sites for hydroxylation is 1. The molecule has 1 aliphatic carbocycles. The molecule has 136 valence electrons. The lowest BCUT2D eigenvalue weighted by molar-refractivity contribution is -0.133. The minimum Gasteiger partial charge on any atom is -0.497 e. The molecule has 6 nitrogen and oxygen atoms in total. The molecule has 0 bridgehead atoms. The molecule has 0 aromatic heterocycles. The number of hydrogen-bond acceptors (Lipinski definition) is 4. The first-order valence-electron chi connectivity index (χ1n) is 9.06. The van der Waals surface area contributed by atoms with Gasteiger partial charge in [0.1, 0.15) is 5.75 Å². The second-order valence-corrected chi connectivity index (χ2v) is 6.85. The number of piperazine rings is 1. The third-order valence-corrected chi connectivity index (χ3v) is 4.82. The van der Waals surface area contributed by atoms with E-state index in [0.717, 1.165) is 43.7 Å². The van der Waals surface area contributed by atoms with E-state index in [1.165, 1.54) is 0 Å². The zero-order valence-corrected chi connectivity index (χ0v) is 14.9. The summed E-state index contributed by atoms with van der Waals surface area (Å²) in [7, 11) is 1.65. The molecule has 1 aliphatic heterocycles. The molecule has 2 amide bonds. The van der Waals surface area contributed by atoms with Crippen molar-refractivity contribution in [3.63, 3.8) is 0 Å². The van der Waals surface area contributed by atoms with Crippen LogP contribution >= 0.6 is 0 Å². The van der Waals surface area contributed by atoms with Gasteiger partial charge in [-0.2, -0.15) is 0 Å². The Hall–Kier alpha value is -2.08. The van der Waals surface area contributed by atoms with E-state index in [1.807, 2.05) is 29.2 Å². The highest BCUT2D eigenvalue weighted by atomic mass is 16.5. The highest BCUT2D eigenvalue weighted by Crippen LogP contribution is 2.18. The predicted octanol–water partition coefficient (Wildman–Crippen LogP) is 1.05. The van der Waals surface area contributed by atoms with E-state index < -0.39 is 0 Å². The Morgan fingerprint density at radius 1 is 1.12 bits per heavy atom. The second-order valence-electron chi connectivity index (χ2n) is 6.85. The smallest absolute Gasteiger partial charge is 0.234 e. The minimum atomic E-state index is 0.113.